The van der Waals surface area contributed by atoms with Crippen molar-refractivity contribution in [3.05, 3.63) is 87.6 Å². The maximum atomic E-state index is 13.2. The third-order valence-electron chi connectivity index (χ3n) is 5.19. The van der Waals surface area contributed by atoms with Gasteiger partial charge in [-0.15, -0.1) is 11.3 Å². The number of amides is 1. The molecule has 0 N–H and O–H groups in total. The van der Waals surface area contributed by atoms with Gasteiger partial charge in [-0.3, -0.25) is 4.79 Å². The molecule has 0 bridgehead atoms. The molecule has 0 saturated heterocycles. The van der Waals surface area contributed by atoms with E-state index in [1.165, 1.54) is 10.4 Å². The molecule has 1 aromatic heterocycles. The maximum Gasteiger partial charge on any atom is 0.247 e. The van der Waals surface area contributed by atoms with E-state index >= 15 is 0 Å². The molecule has 1 atom stereocenters. The topological polar surface area (TPSA) is 38.8 Å². The Hall–Kier alpha value is -3.05. The Bertz CT molecular complexity index is 1030. The summed E-state index contributed by atoms with van der Waals surface area (Å²) in [4.78, 5) is 16.5. The highest BCUT2D eigenvalue weighted by molar-refractivity contribution is 7.10. The van der Waals surface area contributed by atoms with Crippen LogP contribution in [-0.4, -0.2) is 31.6 Å². The number of carbonyl (C=O) groups is 1. The van der Waals surface area contributed by atoms with Crippen LogP contribution in [0, 0.1) is 0 Å². The van der Waals surface area contributed by atoms with E-state index in [-0.39, 0.29) is 11.9 Å². The summed E-state index contributed by atoms with van der Waals surface area (Å²) in [7, 11) is 3.21. The van der Waals surface area contributed by atoms with Crippen LogP contribution in [0.4, 0.5) is 0 Å². The van der Waals surface area contributed by atoms with Crippen molar-refractivity contribution in [3.8, 4) is 11.5 Å². The van der Waals surface area contributed by atoms with Gasteiger partial charge in [0.25, 0.3) is 0 Å². The van der Waals surface area contributed by atoms with Gasteiger partial charge in [0, 0.05) is 17.5 Å². The van der Waals surface area contributed by atoms with E-state index in [4.69, 9.17) is 9.47 Å². The Balaban J connectivity index is 1.61. The molecule has 0 saturated carbocycles. The molecule has 5 heteroatoms. The summed E-state index contributed by atoms with van der Waals surface area (Å²) in [5, 5.41) is 2.12. The lowest BCUT2D eigenvalue weighted by Crippen LogP contribution is -2.39. The second kappa shape index (κ2) is 8.53. The molecule has 1 aliphatic heterocycles. The van der Waals surface area contributed by atoms with E-state index in [0.29, 0.717) is 18.0 Å². The minimum absolute atomic E-state index is 0.00508. The zero-order valence-electron chi connectivity index (χ0n) is 16.5. The van der Waals surface area contributed by atoms with Crippen LogP contribution in [-0.2, 0) is 11.2 Å². The van der Waals surface area contributed by atoms with Crippen molar-refractivity contribution in [2.75, 3.05) is 20.8 Å². The number of rotatable bonds is 5. The SMILES string of the molecule is COc1ccc(/C=C/C(=O)N2CCc3sccc3C2c2ccccc2)cc1OC. The summed E-state index contributed by atoms with van der Waals surface area (Å²) in [5.41, 5.74) is 3.26. The lowest BCUT2D eigenvalue weighted by Gasteiger charge is -2.35. The number of thiophene rings is 1. The van der Waals surface area contributed by atoms with Crippen LogP contribution in [0.25, 0.3) is 6.08 Å². The van der Waals surface area contributed by atoms with Gasteiger partial charge in [0.2, 0.25) is 5.91 Å². The van der Waals surface area contributed by atoms with Crippen LogP contribution in [0.3, 0.4) is 0 Å². The van der Waals surface area contributed by atoms with Gasteiger partial charge < -0.3 is 14.4 Å². The van der Waals surface area contributed by atoms with Crippen LogP contribution < -0.4 is 9.47 Å². The molecule has 29 heavy (non-hydrogen) atoms. The number of hydrogen-bond donors (Lipinski definition) is 0. The Labute approximate surface area is 175 Å². The van der Waals surface area contributed by atoms with E-state index in [2.05, 4.69) is 23.6 Å². The van der Waals surface area contributed by atoms with Gasteiger partial charge in [0.05, 0.1) is 20.3 Å². The number of ether oxygens (including phenoxy) is 2. The van der Waals surface area contributed by atoms with E-state index in [0.717, 1.165) is 17.5 Å². The summed E-state index contributed by atoms with van der Waals surface area (Å²) in [6.07, 6.45) is 4.37. The highest BCUT2D eigenvalue weighted by atomic mass is 32.1. The molecule has 148 valence electrons. The quantitative estimate of drug-likeness (QED) is 0.564. The standard InChI is InChI=1S/C24H23NO3S/c1-27-20-10-8-17(16-21(20)28-2)9-11-23(26)25-14-12-22-19(13-15-29-22)24(25)18-6-4-3-5-7-18/h3-11,13,15-16,24H,12,14H2,1-2H3/b11-9+. The predicted molar refractivity (Wildman–Crippen MR) is 117 cm³/mol. The number of fused-ring (bicyclic) bond motifs is 1. The molecular formula is C24H23NO3S. The molecule has 1 unspecified atom stereocenters. The zero-order valence-corrected chi connectivity index (χ0v) is 17.3. The number of hydrogen-bond acceptors (Lipinski definition) is 4. The number of nitrogens with zero attached hydrogens (tertiary/aromatic N) is 1. The first-order valence-electron chi connectivity index (χ1n) is 9.53. The van der Waals surface area contributed by atoms with Crippen LogP contribution in [0.15, 0.2) is 66.1 Å². The van der Waals surface area contributed by atoms with Crippen molar-refractivity contribution < 1.29 is 14.3 Å². The summed E-state index contributed by atoms with van der Waals surface area (Å²) in [6, 6.07) is 18.0. The van der Waals surface area contributed by atoms with E-state index in [1.54, 1.807) is 31.6 Å². The first-order valence-corrected chi connectivity index (χ1v) is 10.4. The number of benzene rings is 2. The van der Waals surface area contributed by atoms with Gasteiger partial charge in [-0.05, 0) is 52.8 Å². The molecule has 3 aromatic rings. The molecule has 0 fully saturated rings. The van der Waals surface area contributed by atoms with Crippen LogP contribution in [0.5, 0.6) is 11.5 Å². The molecule has 4 rings (SSSR count). The van der Waals surface area contributed by atoms with Crippen molar-refractivity contribution in [2.24, 2.45) is 0 Å². The number of methoxy groups -OCH3 is 2. The first-order chi connectivity index (χ1) is 14.2. The molecule has 1 aliphatic rings. The van der Waals surface area contributed by atoms with Gasteiger partial charge in [-0.1, -0.05) is 36.4 Å². The number of carbonyl (C=O) groups excluding carboxylic acids is 1. The Morgan fingerprint density at radius 1 is 1.07 bits per heavy atom. The van der Waals surface area contributed by atoms with Crippen LogP contribution >= 0.6 is 11.3 Å². The van der Waals surface area contributed by atoms with Crippen molar-refractivity contribution in [3.63, 3.8) is 0 Å². The summed E-state index contributed by atoms with van der Waals surface area (Å²) in [6.45, 7) is 0.710. The molecule has 0 aliphatic carbocycles. The van der Waals surface area contributed by atoms with Gasteiger partial charge in [0.15, 0.2) is 11.5 Å². The van der Waals surface area contributed by atoms with E-state index in [1.807, 2.05) is 47.4 Å². The monoisotopic (exact) mass is 405 g/mol. The fourth-order valence-corrected chi connectivity index (χ4v) is 4.67. The third kappa shape index (κ3) is 3.91. The molecule has 0 radical (unpaired) electrons. The summed E-state index contributed by atoms with van der Waals surface area (Å²) < 4.78 is 10.6. The first kappa shape index (κ1) is 19.3. The smallest absolute Gasteiger partial charge is 0.247 e. The Morgan fingerprint density at radius 3 is 2.62 bits per heavy atom. The lowest BCUT2D eigenvalue weighted by molar-refractivity contribution is -0.127. The summed E-state index contributed by atoms with van der Waals surface area (Å²) >= 11 is 1.77. The van der Waals surface area contributed by atoms with E-state index in [9.17, 15) is 4.79 Å². The lowest BCUT2D eigenvalue weighted by atomic mass is 9.93. The minimum Gasteiger partial charge on any atom is -0.493 e. The van der Waals surface area contributed by atoms with Gasteiger partial charge in [-0.25, -0.2) is 0 Å². The predicted octanol–water partition coefficient (Wildman–Crippen LogP) is 4.95. The fourth-order valence-electron chi connectivity index (χ4n) is 3.77. The molecule has 2 aromatic carbocycles. The maximum absolute atomic E-state index is 13.2. The third-order valence-corrected chi connectivity index (χ3v) is 6.19. The van der Waals surface area contributed by atoms with Crippen LogP contribution in [0.1, 0.15) is 27.6 Å². The second-order valence-electron chi connectivity index (χ2n) is 6.84. The molecule has 4 nitrogen and oxygen atoms in total. The van der Waals surface area contributed by atoms with Gasteiger partial charge in [-0.2, -0.15) is 0 Å². The molecule has 0 spiro atoms. The van der Waals surface area contributed by atoms with Crippen molar-refractivity contribution in [1.82, 2.24) is 4.90 Å². The van der Waals surface area contributed by atoms with Crippen molar-refractivity contribution >= 4 is 23.3 Å². The largest absolute Gasteiger partial charge is 0.493 e. The molecule has 1 amide bonds. The normalized spacial score (nSPS) is 15.9. The summed E-state index contributed by atoms with van der Waals surface area (Å²) in [5.74, 6) is 1.32. The fraction of sp³-hybridized carbons (Fsp3) is 0.208. The van der Waals surface area contributed by atoms with Gasteiger partial charge in [0.1, 0.15) is 0 Å². The van der Waals surface area contributed by atoms with Crippen LogP contribution in [0.2, 0.25) is 0 Å². The molecule has 2 heterocycles. The Kier molecular flexibility index (Phi) is 5.67. The van der Waals surface area contributed by atoms with Gasteiger partial charge >= 0.3 is 0 Å². The average molecular weight is 406 g/mol. The second-order valence-corrected chi connectivity index (χ2v) is 7.84. The molecular weight excluding hydrogens is 382 g/mol. The van der Waals surface area contributed by atoms with Crippen molar-refractivity contribution in [2.45, 2.75) is 12.5 Å². The Morgan fingerprint density at radius 2 is 1.86 bits per heavy atom. The average Bonchev–Trinajstić information content (AvgIpc) is 3.26. The van der Waals surface area contributed by atoms with E-state index < -0.39 is 0 Å². The van der Waals surface area contributed by atoms with Crippen molar-refractivity contribution in [1.29, 1.82) is 0 Å². The highest BCUT2D eigenvalue weighted by Crippen LogP contribution is 2.38. The highest BCUT2D eigenvalue weighted by Gasteiger charge is 2.31. The minimum atomic E-state index is -0.0475. The zero-order chi connectivity index (χ0) is 20.2.